The first kappa shape index (κ1) is 17.3. The Morgan fingerprint density at radius 3 is 2.46 bits per heavy atom. The zero-order chi connectivity index (χ0) is 17.5. The maximum atomic E-state index is 13.1. The first-order valence-corrected chi connectivity index (χ1v) is 6.98. The normalized spacial score (nSPS) is 10.5. The van der Waals surface area contributed by atoms with Crippen LogP contribution in [0.5, 0.6) is 17.2 Å². The summed E-state index contributed by atoms with van der Waals surface area (Å²) in [5.41, 5.74) is 3.08. The Hall–Kier alpha value is -3.09. The molecule has 24 heavy (non-hydrogen) atoms. The van der Waals surface area contributed by atoms with Gasteiger partial charge in [-0.3, -0.25) is 4.79 Å². The highest BCUT2D eigenvalue weighted by molar-refractivity contribution is 5.95. The summed E-state index contributed by atoms with van der Waals surface area (Å²) in [6.07, 6.45) is 1.40. The number of nitrogens with zero attached hydrogens (tertiary/aromatic N) is 1. The van der Waals surface area contributed by atoms with Crippen LogP contribution in [-0.2, 0) is 0 Å². The minimum Gasteiger partial charge on any atom is -0.493 e. The first-order valence-electron chi connectivity index (χ1n) is 6.98. The number of methoxy groups -OCH3 is 3. The number of nitrogens with one attached hydrogen (secondary N) is 1. The van der Waals surface area contributed by atoms with Crippen molar-refractivity contribution in [3.63, 3.8) is 0 Å². The third kappa shape index (κ3) is 3.81. The highest BCUT2D eigenvalue weighted by atomic mass is 19.1. The number of hydrogen-bond acceptors (Lipinski definition) is 5. The van der Waals surface area contributed by atoms with Gasteiger partial charge in [0.15, 0.2) is 11.5 Å². The molecule has 0 spiro atoms. The van der Waals surface area contributed by atoms with Crippen LogP contribution in [-0.4, -0.2) is 33.5 Å². The standard InChI is InChI=1S/C17H17FN2O4/c1-22-14-8-7-12(15(23-2)16(14)24-3)10-19-20-17(21)11-5-4-6-13(18)9-11/h4-10H,1-3H3,(H,20,21). The van der Waals surface area contributed by atoms with Crippen molar-refractivity contribution in [3.05, 3.63) is 53.3 Å². The molecule has 0 aliphatic rings. The Bertz CT molecular complexity index is 762. The van der Waals surface area contributed by atoms with Gasteiger partial charge >= 0.3 is 0 Å². The Labute approximate surface area is 138 Å². The van der Waals surface area contributed by atoms with E-state index in [1.807, 2.05) is 0 Å². The number of hydrazone groups is 1. The molecule has 2 aromatic rings. The van der Waals surface area contributed by atoms with Crippen molar-refractivity contribution in [1.29, 1.82) is 0 Å². The van der Waals surface area contributed by atoms with Gasteiger partial charge in [0.25, 0.3) is 5.91 Å². The van der Waals surface area contributed by atoms with Crippen LogP contribution in [0.4, 0.5) is 4.39 Å². The van der Waals surface area contributed by atoms with Gasteiger partial charge in [-0.25, -0.2) is 9.82 Å². The third-order valence-electron chi connectivity index (χ3n) is 3.19. The summed E-state index contributed by atoms with van der Waals surface area (Å²) in [5.74, 6) is 0.328. The minimum absolute atomic E-state index is 0.173. The Morgan fingerprint density at radius 1 is 1.08 bits per heavy atom. The van der Waals surface area contributed by atoms with Crippen LogP contribution in [0.15, 0.2) is 41.5 Å². The van der Waals surface area contributed by atoms with Gasteiger partial charge in [-0.15, -0.1) is 0 Å². The molecule has 0 aliphatic carbocycles. The van der Waals surface area contributed by atoms with Crippen molar-refractivity contribution in [2.45, 2.75) is 0 Å². The number of amides is 1. The molecule has 0 unspecified atom stereocenters. The lowest BCUT2D eigenvalue weighted by molar-refractivity contribution is 0.0954. The first-order chi connectivity index (χ1) is 11.6. The van der Waals surface area contributed by atoms with Crippen molar-refractivity contribution in [2.75, 3.05) is 21.3 Å². The van der Waals surface area contributed by atoms with Crippen molar-refractivity contribution in [1.82, 2.24) is 5.43 Å². The predicted octanol–water partition coefficient (Wildman–Crippen LogP) is 2.62. The Balaban J connectivity index is 2.18. The second-order valence-electron chi connectivity index (χ2n) is 4.63. The highest BCUT2D eigenvalue weighted by Gasteiger charge is 2.14. The summed E-state index contributed by atoms with van der Waals surface area (Å²) in [7, 11) is 4.50. The number of halogens is 1. The number of hydrogen-bond donors (Lipinski definition) is 1. The topological polar surface area (TPSA) is 69.2 Å². The average molecular weight is 332 g/mol. The van der Waals surface area contributed by atoms with Crippen LogP contribution in [0, 0.1) is 5.82 Å². The van der Waals surface area contributed by atoms with E-state index >= 15 is 0 Å². The van der Waals surface area contributed by atoms with Gasteiger partial charge < -0.3 is 14.2 Å². The fourth-order valence-corrected chi connectivity index (χ4v) is 2.08. The van der Waals surface area contributed by atoms with Gasteiger partial charge in [0, 0.05) is 11.1 Å². The number of rotatable bonds is 6. The Kier molecular flexibility index (Phi) is 5.73. The van der Waals surface area contributed by atoms with Crippen LogP contribution in [0.25, 0.3) is 0 Å². The molecule has 1 N–H and O–H groups in total. The van der Waals surface area contributed by atoms with Gasteiger partial charge in [-0.2, -0.15) is 5.10 Å². The van der Waals surface area contributed by atoms with Crippen LogP contribution in [0.1, 0.15) is 15.9 Å². The zero-order valence-electron chi connectivity index (χ0n) is 13.5. The van der Waals surface area contributed by atoms with Gasteiger partial charge in [-0.1, -0.05) is 6.07 Å². The quantitative estimate of drug-likeness (QED) is 0.652. The van der Waals surface area contributed by atoms with E-state index in [-0.39, 0.29) is 5.56 Å². The largest absolute Gasteiger partial charge is 0.493 e. The summed E-state index contributed by atoms with van der Waals surface area (Å²) >= 11 is 0. The van der Waals surface area contributed by atoms with Crippen LogP contribution in [0.3, 0.4) is 0 Å². The number of benzene rings is 2. The summed E-state index contributed by atoms with van der Waals surface area (Å²) in [5, 5.41) is 3.86. The number of ether oxygens (including phenoxy) is 3. The van der Waals surface area contributed by atoms with E-state index in [9.17, 15) is 9.18 Å². The van der Waals surface area contributed by atoms with Gasteiger partial charge in [0.05, 0.1) is 27.5 Å². The van der Waals surface area contributed by atoms with E-state index in [2.05, 4.69) is 10.5 Å². The fourth-order valence-electron chi connectivity index (χ4n) is 2.08. The molecule has 0 radical (unpaired) electrons. The second kappa shape index (κ2) is 7.96. The maximum absolute atomic E-state index is 13.1. The Morgan fingerprint density at radius 2 is 1.83 bits per heavy atom. The molecule has 126 valence electrons. The molecule has 1 amide bonds. The fraction of sp³-hybridized carbons (Fsp3) is 0.176. The van der Waals surface area contributed by atoms with E-state index in [0.717, 1.165) is 6.07 Å². The number of carbonyl (C=O) groups is 1. The monoisotopic (exact) mass is 332 g/mol. The lowest BCUT2D eigenvalue weighted by Crippen LogP contribution is -2.17. The molecule has 0 saturated heterocycles. The molecule has 0 atom stereocenters. The third-order valence-corrected chi connectivity index (χ3v) is 3.19. The summed E-state index contributed by atoms with van der Waals surface area (Å²) in [4.78, 5) is 11.9. The minimum atomic E-state index is -0.523. The van der Waals surface area contributed by atoms with Gasteiger partial charge in [0.2, 0.25) is 5.75 Å². The van der Waals surface area contributed by atoms with E-state index in [0.29, 0.717) is 22.8 Å². The molecular formula is C17H17FN2O4. The average Bonchev–Trinajstić information content (AvgIpc) is 2.60. The smallest absolute Gasteiger partial charge is 0.271 e. The molecule has 7 heteroatoms. The van der Waals surface area contributed by atoms with E-state index in [1.165, 1.54) is 45.7 Å². The maximum Gasteiger partial charge on any atom is 0.271 e. The SMILES string of the molecule is COc1ccc(C=NNC(=O)c2cccc(F)c2)c(OC)c1OC. The summed E-state index contributed by atoms with van der Waals surface area (Å²) in [6.45, 7) is 0. The lowest BCUT2D eigenvalue weighted by atomic mass is 10.2. The molecule has 2 aromatic carbocycles. The molecule has 0 bridgehead atoms. The molecule has 0 aliphatic heterocycles. The molecule has 6 nitrogen and oxygen atoms in total. The van der Waals surface area contributed by atoms with E-state index in [1.54, 1.807) is 12.1 Å². The lowest BCUT2D eigenvalue weighted by Gasteiger charge is -2.13. The van der Waals surface area contributed by atoms with Gasteiger partial charge in [-0.05, 0) is 30.3 Å². The van der Waals surface area contributed by atoms with Crippen molar-refractivity contribution >= 4 is 12.1 Å². The molecule has 0 fully saturated rings. The van der Waals surface area contributed by atoms with Crippen LogP contribution in [0.2, 0.25) is 0 Å². The van der Waals surface area contributed by atoms with Crippen LogP contribution >= 0.6 is 0 Å². The second-order valence-corrected chi connectivity index (χ2v) is 4.63. The molecular weight excluding hydrogens is 315 g/mol. The zero-order valence-corrected chi connectivity index (χ0v) is 13.5. The van der Waals surface area contributed by atoms with Crippen molar-refractivity contribution in [2.24, 2.45) is 5.10 Å². The predicted molar refractivity (Wildman–Crippen MR) is 87.6 cm³/mol. The number of carbonyl (C=O) groups excluding carboxylic acids is 1. The van der Waals surface area contributed by atoms with E-state index in [4.69, 9.17) is 14.2 Å². The highest BCUT2D eigenvalue weighted by Crippen LogP contribution is 2.38. The molecule has 2 rings (SSSR count). The van der Waals surface area contributed by atoms with Crippen molar-refractivity contribution < 1.29 is 23.4 Å². The molecule has 0 heterocycles. The summed E-state index contributed by atoms with van der Waals surface area (Å²) in [6, 6.07) is 8.72. The van der Waals surface area contributed by atoms with Gasteiger partial charge in [0.1, 0.15) is 5.82 Å². The van der Waals surface area contributed by atoms with E-state index < -0.39 is 11.7 Å². The van der Waals surface area contributed by atoms with Crippen molar-refractivity contribution in [3.8, 4) is 17.2 Å². The summed E-state index contributed by atoms with van der Waals surface area (Å²) < 4.78 is 28.9. The molecule has 0 saturated carbocycles. The molecule has 0 aromatic heterocycles. The van der Waals surface area contributed by atoms with Crippen LogP contribution < -0.4 is 19.6 Å².